The average Bonchev–Trinajstić information content (AvgIpc) is 3.08. The molecule has 0 radical (unpaired) electrons. The maximum absolute atomic E-state index is 12.7. The van der Waals surface area contributed by atoms with Gasteiger partial charge in [0.05, 0.1) is 12.1 Å². The molecule has 6 heteroatoms. The second-order valence-electron chi connectivity index (χ2n) is 6.15. The molecule has 1 amide bonds. The first-order valence-electron chi connectivity index (χ1n) is 8.19. The number of hydrogen-bond acceptors (Lipinski definition) is 4. The van der Waals surface area contributed by atoms with E-state index in [1.165, 1.54) is 0 Å². The Labute approximate surface area is 146 Å². The molecule has 6 nitrogen and oxygen atoms in total. The van der Waals surface area contributed by atoms with Gasteiger partial charge in [-0.1, -0.05) is 30.3 Å². The summed E-state index contributed by atoms with van der Waals surface area (Å²) >= 11 is 0. The number of benzene rings is 1. The molecule has 1 aromatic carbocycles. The van der Waals surface area contributed by atoms with Gasteiger partial charge in [0.25, 0.3) is 5.91 Å². The van der Waals surface area contributed by atoms with Crippen LogP contribution in [0.3, 0.4) is 0 Å². The molecule has 1 saturated heterocycles. The number of carboxylic acids is 1. The third-order valence-electron chi connectivity index (χ3n) is 4.47. The Morgan fingerprint density at radius 2 is 1.96 bits per heavy atom. The summed E-state index contributed by atoms with van der Waals surface area (Å²) in [6, 6.07) is 12.9. The molecule has 1 unspecified atom stereocenters. The van der Waals surface area contributed by atoms with Gasteiger partial charge in [-0.05, 0) is 24.6 Å². The van der Waals surface area contributed by atoms with E-state index < -0.39 is 18.0 Å². The van der Waals surface area contributed by atoms with Crippen molar-refractivity contribution in [3.63, 3.8) is 0 Å². The molecule has 1 aliphatic rings. The summed E-state index contributed by atoms with van der Waals surface area (Å²) in [7, 11) is 0. The van der Waals surface area contributed by atoms with Gasteiger partial charge in [0, 0.05) is 25.2 Å². The highest BCUT2D eigenvalue weighted by Gasteiger charge is 2.41. The van der Waals surface area contributed by atoms with Crippen LogP contribution in [0, 0.1) is 5.92 Å². The second-order valence-corrected chi connectivity index (χ2v) is 6.15. The number of pyridine rings is 1. The van der Waals surface area contributed by atoms with E-state index >= 15 is 0 Å². The third kappa shape index (κ3) is 3.79. The van der Waals surface area contributed by atoms with E-state index in [-0.39, 0.29) is 18.4 Å². The Balaban J connectivity index is 1.72. The number of amides is 1. The van der Waals surface area contributed by atoms with E-state index in [0.29, 0.717) is 12.3 Å². The molecule has 1 N–H and O–H groups in total. The molecule has 0 aliphatic carbocycles. The van der Waals surface area contributed by atoms with Gasteiger partial charge in [0.1, 0.15) is 5.75 Å². The van der Waals surface area contributed by atoms with Crippen molar-refractivity contribution in [1.82, 2.24) is 9.88 Å². The van der Waals surface area contributed by atoms with Gasteiger partial charge in [-0.3, -0.25) is 14.6 Å². The van der Waals surface area contributed by atoms with E-state index in [9.17, 15) is 14.7 Å². The summed E-state index contributed by atoms with van der Waals surface area (Å²) in [5.74, 6) is -1.42. The average molecular weight is 340 g/mol. The van der Waals surface area contributed by atoms with Crippen molar-refractivity contribution in [3.8, 4) is 5.75 Å². The van der Waals surface area contributed by atoms with E-state index in [4.69, 9.17) is 4.74 Å². The molecule has 0 saturated carbocycles. The molecular formula is C19H20N2O4. The molecule has 2 aromatic rings. The summed E-state index contributed by atoms with van der Waals surface area (Å²) in [6.45, 7) is 2.23. The smallest absolute Gasteiger partial charge is 0.308 e. The number of carbonyl (C=O) groups is 2. The van der Waals surface area contributed by atoms with Gasteiger partial charge in [-0.2, -0.15) is 0 Å². The van der Waals surface area contributed by atoms with Crippen LogP contribution in [0.15, 0.2) is 54.9 Å². The van der Waals surface area contributed by atoms with Crippen molar-refractivity contribution in [3.05, 3.63) is 60.4 Å². The van der Waals surface area contributed by atoms with Gasteiger partial charge in [-0.15, -0.1) is 0 Å². The maximum atomic E-state index is 12.7. The van der Waals surface area contributed by atoms with E-state index in [1.807, 2.05) is 30.3 Å². The number of nitrogens with zero attached hydrogens (tertiary/aromatic N) is 2. The van der Waals surface area contributed by atoms with Crippen molar-refractivity contribution < 1.29 is 19.4 Å². The zero-order valence-electron chi connectivity index (χ0n) is 13.9. The first-order chi connectivity index (χ1) is 12.1. The Kier molecular flexibility index (Phi) is 4.97. The van der Waals surface area contributed by atoms with Gasteiger partial charge >= 0.3 is 5.97 Å². The lowest BCUT2D eigenvalue weighted by molar-refractivity contribution is -0.142. The molecule has 1 aromatic heterocycles. The standard InChI is InChI=1S/C19H20N2O4/c1-13(25-15-8-5-9-20-10-15)18(22)21-11-16(17(12-21)19(23)24)14-6-3-2-4-7-14/h2-10,13,16-17H,11-12H2,1H3,(H,23,24)/t13?,16-,17+/m1/s1. The van der Waals surface area contributed by atoms with Crippen LogP contribution in [0.1, 0.15) is 18.4 Å². The van der Waals surface area contributed by atoms with Crippen LogP contribution in [-0.2, 0) is 9.59 Å². The lowest BCUT2D eigenvalue weighted by atomic mass is 9.89. The van der Waals surface area contributed by atoms with Crippen molar-refractivity contribution >= 4 is 11.9 Å². The molecule has 2 heterocycles. The molecule has 0 bridgehead atoms. The summed E-state index contributed by atoms with van der Waals surface area (Å²) in [5.41, 5.74) is 0.936. The quantitative estimate of drug-likeness (QED) is 0.902. The fraction of sp³-hybridized carbons (Fsp3) is 0.316. The Hall–Kier alpha value is -2.89. The molecule has 130 valence electrons. The first kappa shape index (κ1) is 17.0. The SMILES string of the molecule is CC(Oc1cccnc1)C(=O)N1C[C@H](C(=O)O)[C@@H](c2ccccc2)C1. The highest BCUT2D eigenvalue weighted by atomic mass is 16.5. The lowest BCUT2D eigenvalue weighted by Crippen LogP contribution is -2.39. The molecule has 25 heavy (non-hydrogen) atoms. The summed E-state index contributed by atoms with van der Waals surface area (Å²) in [4.78, 5) is 29.9. The zero-order chi connectivity index (χ0) is 17.8. The van der Waals surface area contributed by atoms with Crippen LogP contribution < -0.4 is 4.74 Å². The maximum Gasteiger partial charge on any atom is 0.308 e. The van der Waals surface area contributed by atoms with Gasteiger partial charge in [-0.25, -0.2) is 0 Å². The number of aliphatic carboxylic acids is 1. The minimum atomic E-state index is -0.884. The van der Waals surface area contributed by atoms with Crippen LogP contribution in [0.5, 0.6) is 5.75 Å². The van der Waals surface area contributed by atoms with Crippen molar-refractivity contribution in [2.45, 2.75) is 18.9 Å². The molecule has 1 fully saturated rings. The third-order valence-corrected chi connectivity index (χ3v) is 4.47. The molecule has 3 rings (SSSR count). The van der Waals surface area contributed by atoms with Gasteiger partial charge < -0.3 is 14.7 Å². The van der Waals surface area contributed by atoms with E-state index in [1.54, 1.807) is 36.4 Å². The summed E-state index contributed by atoms with van der Waals surface area (Å²) in [5, 5.41) is 9.54. The minimum Gasteiger partial charge on any atom is -0.481 e. The van der Waals surface area contributed by atoms with Gasteiger partial charge in [0.15, 0.2) is 6.10 Å². The molecule has 1 aliphatic heterocycles. The molecule has 3 atom stereocenters. The molecule has 0 spiro atoms. The number of aromatic nitrogens is 1. The summed E-state index contributed by atoms with van der Waals surface area (Å²) in [6.07, 6.45) is 2.47. The Morgan fingerprint density at radius 1 is 1.20 bits per heavy atom. The second kappa shape index (κ2) is 7.34. The highest BCUT2D eigenvalue weighted by Crippen LogP contribution is 2.33. The number of rotatable bonds is 5. The Morgan fingerprint density at radius 3 is 2.60 bits per heavy atom. The van der Waals surface area contributed by atoms with Crippen LogP contribution in [-0.4, -0.2) is 46.1 Å². The van der Waals surface area contributed by atoms with Crippen molar-refractivity contribution in [1.29, 1.82) is 0 Å². The predicted octanol–water partition coefficient (Wildman–Crippen LogP) is 2.18. The minimum absolute atomic E-state index is 0.189. The topological polar surface area (TPSA) is 79.7 Å². The van der Waals surface area contributed by atoms with Crippen molar-refractivity contribution in [2.75, 3.05) is 13.1 Å². The zero-order valence-corrected chi connectivity index (χ0v) is 13.9. The fourth-order valence-corrected chi connectivity index (χ4v) is 3.20. The first-order valence-corrected chi connectivity index (χ1v) is 8.19. The van der Waals surface area contributed by atoms with E-state index in [0.717, 1.165) is 5.56 Å². The number of carbonyl (C=O) groups excluding carboxylic acids is 1. The number of likely N-dealkylation sites (tertiary alicyclic amines) is 1. The van der Waals surface area contributed by atoms with Gasteiger partial charge in [0.2, 0.25) is 0 Å². The highest BCUT2D eigenvalue weighted by molar-refractivity contribution is 5.83. The molecular weight excluding hydrogens is 320 g/mol. The van der Waals surface area contributed by atoms with Crippen LogP contribution in [0.25, 0.3) is 0 Å². The number of ether oxygens (including phenoxy) is 1. The van der Waals surface area contributed by atoms with Crippen molar-refractivity contribution in [2.24, 2.45) is 5.92 Å². The van der Waals surface area contributed by atoms with Crippen LogP contribution in [0.4, 0.5) is 0 Å². The monoisotopic (exact) mass is 340 g/mol. The Bertz CT molecular complexity index is 736. The number of hydrogen-bond donors (Lipinski definition) is 1. The largest absolute Gasteiger partial charge is 0.481 e. The van der Waals surface area contributed by atoms with Crippen LogP contribution in [0.2, 0.25) is 0 Å². The predicted molar refractivity (Wildman–Crippen MR) is 91.2 cm³/mol. The van der Waals surface area contributed by atoms with E-state index in [2.05, 4.69) is 4.98 Å². The number of carboxylic acid groups (broad SMARTS) is 1. The van der Waals surface area contributed by atoms with Crippen LogP contribution >= 0.6 is 0 Å². The summed E-state index contributed by atoms with van der Waals surface area (Å²) < 4.78 is 5.62. The normalized spacial score (nSPS) is 20.9. The lowest BCUT2D eigenvalue weighted by Gasteiger charge is -2.21. The fourth-order valence-electron chi connectivity index (χ4n) is 3.20.